The Labute approximate surface area is 88.6 Å². The topological polar surface area (TPSA) is 63.3 Å². The van der Waals surface area contributed by atoms with E-state index in [0.29, 0.717) is 10.0 Å². The molecule has 0 radical (unpaired) electrons. The monoisotopic (exact) mass is 263 g/mol. The number of carbonyl (C=O) groups excluding carboxylic acids is 1. The molecule has 0 saturated carbocycles. The largest absolute Gasteiger partial charge is 0.505 e. The van der Waals surface area contributed by atoms with E-state index in [2.05, 4.69) is 15.9 Å². The first-order valence-electron chi connectivity index (χ1n) is 3.46. The molecule has 13 heavy (non-hydrogen) atoms. The summed E-state index contributed by atoms with van der Waals surface area (Å²) in [4.78, 5) is 10.6. The molecule has 3 nitrogen and oxygen atoms in total. The van der Waals surface area contributed by atoms with E-state index in [4.69, 9.17) is 17.3 Å². The van der Waals surface area contributed by atoms with Gasteiger partial charge in [0.25, 0.3) is 0 Å². The van der Waals surface area contributed by atoms with Crippen LogP contribution in [0.2, 0.25) is 5.02 Å². The highest BCUT2D eigenvalue weighted by molar-refractivity contribution is 9.10. The Morgan fingerprint density at radius 3 is 2.69 bits per heavy atom. The number of aromatic hydroxyl groups is 1. The van der Waals surface area contributed by atoms with E-state index in [0.717, 1.165) is 0 Å². The van der Waals surface area contributed by atoms with Crippen molar-refractivity contribution < 1.29 is 9.90 Å². The molecule has 0 fully saturated rings. The van der Waals surface area contributed by atoms with E-state index in [1.54, 1.807) is 6.07 Å². The molecule has 0 aliphatic carbocycles. The zero-order valence-electron chi connectivity index (χ0n) is 6.55. The Bertz CT molecular complexity index is 331. The molecule has 5 heteroatoms. The maximum absolute atomic E-state index is 10.6. The quantitative estimate of drug-likeness (QED) is 0.856. The van der Waals surface area contributed by atoms with Crippen molar-refractivity contribution in [2.75, 3.05) is 0 Å². The Kier molecular flexibility index (Phi) is 3.17. The Morgan fingerprint density at radius 1 is 1.62 bits per heavy atom. The van der Waals surface area contributed by atoms with E-state index in [-0.39, 0.29) is 17.2 Å². The van der Waals surface area contributed by atoms with E-state index < -0.39 is 5.91 Å². The van der Waals surface area contributed by atoms with E-state index >= 15 is 0 Å². The van der Waals surface area contributed by atoms with Crippen LogP contribution in [0.5, 0.6) is 5.75 Å². The van der Waals surface area contributed by atoms with Gasteiger partial charge in [0.15, 0.2) is 0 Å². The van der Waals surface area contributed by atoms with Gasteiger partial charge in [-0.05, 0) is 33.6 Å². The van der Waals surface area contributed by atoms with Gasteiger partial charge in [0, 0.05) is 0 Å². The third kappa shape index (κ3) is 2.60. The summed E-state index contributed by atoms with van der Waals surface area (Å²) in [5.41, 5.74) is 5.67. The minimum atomic E-state index is -0.436. The highest BCUT2D eigenvalue weighted by atomic mass is 79.9. The van der Waals surface area contributed by atoms with Gasteiger partial charge < -0.3 is 10.8 Å². The van der Waals surface area contributed by atoms with Crippen LogP contribution in [0.1, 0.15) is 5.56 Å². The molecule has 3 N–H and O–H groups in total. The zero-order valence-corrected chi connectivity index (χ0v) is 8.89. The number of carbonyl (C=O) groups is 1. The Hall–Kier alpha value is -0.740. The Balaban J connectivity index is 3.06. The van der Waals surface area contributed by atoms with E-state index in [1.165, 1.54) is 6.07 Å². The lowest BCUT2D eigenvalue weighted by atomic mass is 10.1. The van der Waals surface area contributed by atoms with Crippen molar-refractivity contribution in [2.24, 2.45) is 5.73 Å². The number of phenols is 1. The number of halogens is 2. The van der Waals surface area contributed by atoms with Crippen molar-refractivity contribution in [1.29, 1.82) is 0 Å². The third-order valence-electron chi connectivity index (χ3n) is 1.46. The molecule has 1 aromatic carbocycles. The average Bonchev–Trinajstić information content (AvgIpc) is 1.98. The van der Waals surface area contributed by atoms with Gasteiger partial charge in [0.1, 0.15) is 5.75 Å². The molecule has 1 rings (SSSR count). The number of phenolic OH excluding ortho intramolecular Hbond substituents is 1. The van der Waals surface area contributed by atoms with Gasteiger partial charge in [0.05, 0.1) is 15.9 Å². The fraction of sp³-hybridized carbons (Fsp3) is 0.125. The highest BCUT2D eigenvalue weighted by Crippen LogP contribution is 2.32. The molecule has 0 heterocycles. The van der Waals surface area contributed by atoms with Gasteiger partial charge in [-0.1, -0.05) is 11.6 Å². The highest BCUT2D eigenvalue weighted by Gasteiger charge is 2.07. The second-order valence-electron chi connectivity index (χ2n) is 2.55. The van der Waals surface area contributed by atoms with Gasteiger partial charge in [-0.25, -0.2) is 0 Å². The van der Waals surface area contributed by atoms with Gasteiger partial charge in [-0.3, -0.25) is 4.79 Å². The fourth-order valence-corrected chi connectivity index (χ4v) is 1.78. The minimum absolute atomic E-state index is 0.0325. The van der Waals surface area contributed by atoms with Gasteiger partial charge in [0.2, 0.25) is 5.91 Å². The second-order valence-corrected chi connectivity index (χ2v) is 3.81. The van der Waals surface area contributed by atoms with Crippen LogP contribution in [0.4, 0.5) is 0 Å². The summed E-state index contributed by atoms with van der Waals surface area (Å²) in [6.07, 6.45) is 0.110. The molecule has 0 aliphatic rings. The standard InChI is InChI=1S/C8H7BrClNO2/c9-5-1-4(3-7(11)12)2-6(10)8(5)13/h1-2,13H,3H2,(H2,11,12). The van der Waals surface area contributed by atoms with Crippen molar-refractivity contribution in [3.63, 3.8) is 0 Å². The number of hydrogen-bond donors (Lipinski definition) is 2. The lowest BCUT2D eigenvalue weighted by molar-refractivity contribution is -0.117. The summed E-state index contributed by atoms with van der Waals surface area (Å²) in [7, 11) is 0. The third-order valence-corrected chi connectivity index (χ3v) is 2.35. The predicted molar refractivity (Wildman–Crippen MR) is 53.7 cm³/mol. The second kappa shape index (κ2) is 3.98. The number of amides is 1. The molecule has 1 aromatic rings. The van der Waals surface area contributed by atoms with Gasteiger partial charge in [-0.15, -0.1) is 0 Å². The van der Waals surface area contributed by atoms with Crippen LogP contribution < -0.4 is 5.73 Å². The summed E-state index contributed by atoms with van der Waals surface area (Å²) < 4.78 is 0.455. The maximum Gasteiger partial charge on any atom is 0.221 e. The summed E-state index contributed by atoms with van der Waals surface area (Å²) >= 11 is 8.77. The average molecular weight is 265 g/mol. The predicted octanol–water partition coefficient (Wildman–Crippen LogP) is 1.84. The van der Waals surface area contributed by atoms with Gasteiger partial charge >= 0.3 is 0 Å². The maximum atomic E-state index is 10.6. The smallest absolute Gasteiger partial charge is 0.221 e. The lowest BCUT2D eigenvalue weighted by Crippen LogP contribution is -2.13. The summed E-state index contributed by atoms with van der Waals surface area (Å²) in [5.74, 6) is -0.469. The van der Waals surface area contributed by atoms with Crippen LogP contribution in [-0.4, -0.2) is 11.0 Å². The number of primary amides is 1. The molecule has 70 valence electrons. The molecule has 0 bridgehead atoms. The minimum Gasteiger partial charge on any atom is -0.505 e. The van der Waals surface area contributed by atoms with Crippen molar-refractivity contribution in [3.8, 4) is 5.75 Å². The number of rotatable bonds is 2. The molecule has 0 aromatic heterocycles. The molecule has 0 spiro atoms. The van der Waals surface area contributed by atoms with Crippen LogP contribution in [-0.2, 0) is 11.2 Å². The number of nitrogens with two attached hydrogens (primary N) is 1. The van der Waals surface area contributed by atoms with Crippen LogP contribution >= 0.6 is 27.5 Å². The summed E-state index contributed by atoms with van der Waals surface area (Å²) in [5, 5.41) is 9.47. The lowest BCUT2D eigenvalue weighted by Gasteiger charge is -2.03. The molecule has 0 atom stereocenters. The first-order chi connectivity index (χ1) is 6.00. The first kappa shape index (κ1) is 10.3. The van der Waals surface area contributed by atoms with Crippen molar-refractivity contribution in [1.82, 2.24) is 0 Å². The van der Waals surface area contributed by atoms with Crippen LogP contribution in [0.15, 0.2) is 16.6 Å². The van der Waals surface area contributed by atoms with Crippen LogP contribution in [0.3, 0.4) is 0 Å². The SMILES string of the molecule is NC(=O)Cc1cc(Cl)c(O)c(Br)c1. The number of hydrogen-bond acceptors (Lipinski definition) is 2. The van der Waals surface area contributed by atoms with Crippen LogP contribution in [0.25, 0.3) is 0 Å². The molecule has 1 amide bonds. The van der Waals surface area contributed by atoms with Gasteiger partial charge in [-0.2, -0.15) is 0 Å². The summed E-state index contributed by atoms with van der Waals surface area (Å²) in [6.45, 7) is 0. The number of benzene rings is 1. The molecule has 0 saturated heterocycles. The van der Waals surface area contributed by atoms with Crippen molar-refractivity contribution in [2.45, 2.75) is 6.42 Å². The fourth-order valence-electron chi connectivity index (χ4n) is 0.921. The van der Waals surface area contributed by atoms with Crippen LogP contribution in [0, 0.1) is 0 Å². The molecule has 0 unspecified atom stereocenters. The zero-order chi connectivity index (χ0) is 10.0. The normalized spacial score (nSPS) is 10.0. The van der Waals surface area contributed by atoms with Crippen molar-refractivity contribution >= 4 is 33.4 Å². The molecule has 0 aliphatic heterocycles. The molecular weight excluding hydrogens is 257 g/mol. The molecular formula is C8H7BrClNO2. The van der Waals surface area contributed by atoms with Crippen molar-refractivity contribution in [3.05, 3.63) is 27.2 Å². The summed E-state index contributed by atoms with van der Waals surface area (Å²) in [6, 6.07) is 3.11. The van der Waals surface area contributed by atoms with E-state index in [1.807, 2.05) is 0 Å². The van der Waals surface area contributed by atoms with E-state index in [9.17, 15) is 9.90 Å². The Morgan fingerprint density at radius 2 is 2.23 bits per heavy atom. The first-order valence-corrected chi connectivity index (χ1v) is 4.63.